The van der Waals surface area contributed by atoms with Gasteiger partial charge < -0.3 is 9.84 Å². The highest BCUT2D eigenvalue weighted by Gasteiger charge is 2.18. The molecule has 6 nitrogen and oxygen atoms in total. The van der Waals surface area contributed by atoms with Gasteiger partial charge in [-0.15, -0.1) is 17.7 Å². The van der Waals surface area contributed by atoms with Gasteiger partial charge in [0, 0.05) is 0 Å². The second-order valence-corrected chi connectivity index (χ2v) is 5.20. The van der Waals surface area contributed by atoms with Gasteiger partial charge in [-0.2, -0.15) is 14.9 Å². The minimum absolute atomic E-state index is 0.174. The zero-order chi connectivity index (χ0) is 15.4. The quantitative estimate of drug-likeness (QED) is 0.510. The molecular weight excluding hydrogens is 308 g/mol. The average molecular weight is 322 g/mol. The maximum atomic E-state index is 9.24. The number of phenols is 1. The molecule has 0 amide bonds. The second kappa shape index (κ2) is 6.68. The van der Waals surface area contributed by atoms with Crippen LogP contribution in [0.15, 0.2) is 34.5 Å². The Morgan fingerprint density at radius 3 is 2.62 bits per heavy atom. The predicted molar refractivity (Wildman–Crippen MR) is 87.4 cm³/mol. The van der Waals surface area contributed by atoms with E-state index in [1.54, 1.807) is 19.1 Å². The highest BCUT2D eigenvalue weighted by molar-refractivity contribution is 8.11. The highest BCUT2D eigenvalue weighted by atomic mass is 32.1. The van der Waals surface area contributed by atoms with Crippen molar-refractivity contribution in [2.24, 2.45) is 10.2 Å². The van der Waals surface area contributed by atoms with Gasteiger partial charge in [0.1, 0.15) is 5.75 Å². The molecule has 0 saturated heterocycles. The van der Waals surface area contributed by atoms with Crippen molar-refractivity contribution in [3.63, 3.8) is 0 Å². The summed E-state index contributed by atoms with van der Waals surface area (Å²) in [4.78, 5) is 0. The standard InChI is InChI=1S/C13H14N4O2S2/c1-3-19-12-11(8(2)16-17(12)13(20)21)15-14-9-4-6-10(18)7-5-9/h4-7,18H,3H2,1-2H3,(H,20,21). The fraction of sp³-hybridized carbons (Fsp3) is 0.231. The van der Waals surface area contributed by atoms with Crippen molar-refractivity contribution in [3.05, 3.63) is 30.0 Å². The molecule has 1 heterocycles. The van der Waals surface area contributed by atoms with Crippen LogP contribution in [-0.4, -0.2) is 25.8 Å². The first-order valence-electron chi connectivity index (χ1n) is 6.19. The number of thiol groups is 1. The van der Waals surface area contributed by atoms with Crippen LogP contribution >= 0.6 is 24.8 Å². The largest absolute Gasteiger partial charge is 0.508 e. The number of phenolic OH excluding ortho intramolecular Hbond substituents is 1. The lowest BCUT2D eigenvalue weighted by Gasteiger charge is -2.05. The van der Waals surface area contributed by atoms with E-state index < -0.39 is 0 Å². The Labute approximate surface area is 132 Å². The molecular formula is C13H14N4O2S2. The fourth-order valence-electron chi connectivity index (χ4n) is 1.64. The van der Waals surface area contributed by atoms with Crippen molar-refractivity contribution in [1.82, 2.24) is 9.78 Å². The Morgan fingerprint density at radius 2 is 2.05 bits per heavy atom. The van der Waals surface area contributed by atoms with Crippen LogP contribution < -0.4 is 4.74 Å². The van der Waals surface area contributed by atoms with Crippen molar-refractivity contribution >= 4 is 40.5 Å². The van der Waals surface area contributed by atoms with E-state index in [-0.39, 0.29) is 10.1 Å². The van der Waals surface area contributed by atoms with Crippen LogP contribution in [-0.2, 0) is 0 Å². The van der Waals surface area contributed by atoms with Crippen LogP contribution in [0.3, 0.4) is 0 Å². The number of hydrogen-bond acceptors (Lipinski definition) is 6. The van der Waals surface area contributed by atoms with Crippen LogP contribution in [0.1, 0.15) is 12.6 Å². The zero-order valence-electron chi connectivity index (χ0n) is 11.5. The number of aromatic hydroxyl groups is 1. The lowest BCUT2D eigenvalue weighted by atomic mass is 10.3. The van der Waals surface area contributed by atoms with Crippen LogP contribution in [0.2, 0.25) is 0 Å². The van der Waals surface area contributed by atoms with Gasteiger partial charge in [-0.05, 0) is 38.1 Å². The van der Waals surface area contributed by atoms with Gasteiger partial charge in [0.05, 0.1) is 18.0 Å². The normalized spacial score (nSPS) is 11.0. The smallest absolute Gasteiger partial charge is 0.246 e. The van der Waals surface area contributed by atoms with Crippen molar-refractivity contribution in [2.45, 2.75) is 13.8 Å². The molecule has 8 heteroatoms. The van der Waals surface area contributed by atoms with Crippen LogP contribution in [0, 0.1) is 6.92 Å². The summed E-state index contributed by atoms with van der Waals surface area (Å²) in [6, 6.07) is 6.39. The summed E-state index contributed by atoms with van der Waals surface area (Å²) in [5.41, 5.74) is 1.74. The highest BCUT2D eigenvalue weighted by Crippen LogP contribution is 2.33. The SMILES string of the molecule is CCOc1c(N=Nc2ccc(O)cc2)c(C)nn1C(=S)S. The molecule has 0 aliphatic carbocycles. The number of thiocarbonyl (C=S) groups is 1. The van der Waals surface area contributed by atoms with E-state index in [0.717, 1.165) is 0 Å². The first kappa shape index (κ1) is 15.5. The van der Waals surface area contributed by atoms with Crippen LogP contribution in [0.5, 0.6) is 11.6 Å². The van der Waals surface area contributed by atoms with Crippen molar-refractivity contribution in [1.29, 1.82) is 0 Å². The number of nitrogens with zero attached hydrogens (tertiary/aromatic N) is 4. The molecule has 0 aliphatic heterocycles. The minimum Gasteiger partial charge on any atom is -0.508 e. The molecule has 1 aromatic carbocycles. The third-order valence-corrected chi connectivity index (χ3v) is 2.93. The molecule has 2 rings (SSSR count). The third kappa shape index (κ3) is 3.59. The molecule has 2 aromatic rings. The molecule has 0 bridgehead atoms. The summed E-state index contributed by atoms with van der Waals surface area (Å²) in [6.45, 7) is 4.09. The monoisotopic (exact) mass is 322 g/mol. The number of rotatable bonds is 4. The van der Waals surface area contributed by atoms with E-state index in [2.05, 4.69) is 28.0 Å². The van der Waals surface area contributed by atoms with Crippen molar-refractivity contribution < 1.29 is 9.84 Å². The van der Waals surface area contributed by atoms with Gasteiger partial charge in [0.25, 0.3) is 0 Å². The molecule has 1 aromatic heterocycles. The van der Waals surface area contributed by atoms with Gasteiger partial charge in [-0.3, -0.25) is 0 Å². The Bertz CT molecular complexity index is 680. The van der Waals surface area contributed by atoms with Gasteiger partial charge in [-0.1, -0.05) is 12.2 Å². The van der Waals surface area contributed by atoms with Gasteiger partial charge >= 0.3 is 0 Å². The number of azo groups is 1. The number of ether oxygens (including phenoxy) is 1. The summed E-state index contributed by atoms with van der Waals surface area (Å²) < 4.78 is 7.20. The Kier molecular flexibility index (Phi) is 4.92. The summed E-state index contributed by atoms with van der Waals surface area (Å²) in [5.74, 6) is 0.589. The fourth-order valence-corrected chi connectivity index (χ4v) is 1.90. The summed E-state index contributed by atoms with van der Waals surface area (Å²) in [5, 5.41) is 21.7. The molecule has 0 unspecified atom stereocenters. The Hall–Kier alpha value is -1.93. The Balaban J connectivity index is 2.38. The van der Waals surface area contributed by atoms with E-state index in [0.29, 0.717) is 29.6 Å². The number of hydrogen-bond donors (Lipinski definition) is 2. The molecule has 0 aliphatic rings. The number of benzene rings is 1. The van der Waals surface area contributed by atoms with E-state index in [9.17, 15) is 5.11 Å². The molecule has 21 heavy (non-hydrogen) atoms. The van der Waals surface area contributed by atoms with Crippen LogP contribution in [0.25, 0.3) is 0 Å². The molecule has 0 spiro atoms. The lowest BCUT2D eigenvalue weighted by molar-refractivity contribution is 0.321. The van der Waals surface area contributed by atoms with E-state index in [1.165, 1.54) is 16.8 Å². The topological polar surface area (TPSA) is 72.0 Å². The minimum atomic E-state index is 0.174. The average Bonchev–Trinajstić information content (AvgIpc) is 2.76. The summed E-state index contributed by atoms with van der Waals surface area (Å²) >= 11 is 9.13. The van der Waals surface area contributed by atoms with Gasteiger partial charge in [0.2, 0.25) is 5.88 Å². The lowest BCUT2D eigenvalue weighted by Crippen LogP contribution is -2.07. The molecule has 1 N–H and O–H groups in total. The number of aryl methyl sites for hydroxylation is 1. The molecule has 0 fully saturated rings. The third-order valence-electron chi connectivity index (χ3n) is 2.57. The molecule has 0 radical (unpaired) electrons. The maximum absolute atomic E-state index is 9.24. The van der Waals surface area contributed by atoms with E-state index in [4.69, 9.17) is 17.0 Å². The molecule has 0 saturated carbocycles. The van der Waals surface area contributed by atoms with Crippen LogP contribution in [0.4, 0.5) is 11.4 Å². The second-order valence-electron chi connectivity index (χ2n) is 4.08. The molecule has 0 atom stereocenters. The predicted octanol–water partition coefficient (Wildman–Crippen LogP) is 3.77. The van der Waals surface area contributed by atoms with E-state index in [1.807, 2.05) is 6.92 Å². The van der Waals surface area contributed by atoms with Gasteiger partial charge in [0.15, 0.2) is 10.0 Å². The first-order valence-corrected chi connectivity index (χ1v) is 7.05. The maximum Gasteiger partial charge on any atom is 0.246 e. The summed E-state index contributed by atoms with van der Waals surface area (Å²) in [6.07, 6.45) is 0. The zero-order valence-corrected chi connectivity index (χ0v) is 13.2. The number of aromatic nitrogens is 2. The summed E-state index contributed by atoms with van der Waals surface area (Å²) in [7, 11) is 0. The first-order chi connectivity index (χ1) is 10.0. The van der Waals surface area contributed by atoms with Crippen molar-refractivity contribution in [3.8, 4) is 11.6 Å². The van der Waals surface area contributed by atoms with Gasteiger partial charge in [-0.25, -0.2) is 0 Å². The Morgan fingerprint density at radius 1 is 1.38 bits per heavy atom. The van der Waals surface area contributed by atoms with E-state index >= 15 is 0 Å². The van der Waals surface area contributed by atoms with Crippen molar-refractivity contribution in [2.75, 3.05) is 6.61 Å². The molecule has 110 valence electrons.